The van der Waals surface area contributed by atoms with Crippen molar-refractivity contribution in [3.05, 3.63) is 57.0 Å². The summed E-state index contributed by atoms with van der Waals surface area (Å²) in [6.45, 7) is 2.21. The molecule has 0 aromatic heterocycles. The standard InChI is InChI=1S/C23H23Br2NO8/c1-2-31-18(5-3-4-6-20(27)28)22(15-9-13(24)10-16(25)21(15)29)34-23(30)26-14-7-8-17-19(11-14)33-12-32-17/h4,6-11,18,22,29H,2-3,5,12H2,1H3,(H,26,30)(H,27,28)/b6-4+/t18-,22-/m1/s1. The first-order valence-corrected chi connectivity index (χ1v) is 11.9. The fourth-order valence-corrected chi connectivity index (χ4v) is 4.62. The van der Waals surface area contributed by atoms with Crippen LogP contribution in [0.25, 0.3) is 0 Å². The van der Waals surface area contributed by atoms with E-state index >= 15 is 0 Å². The molecule has 182 valence electrons. The topological polar surface area (TPSA) is 124 Å². The molecule has 2 aromatic carbocycles. The van der Waals surface area contributed by atoms with Crippen molar-refractivity contribution in [3.8, 4) is 17.2 Å². The van der Waals surface area contributed by atoms with Gasteiger partial charge < -0.3 is 29.2 Å². The third-order valence-electron chi connectivity index (χ3n) is 4.81. The van der Waals surface area contributed by atoms with Gasteiger partial charge in [-0.1, -0.05) is 22.0 Å². The number of fused-ring (bicyclic) bond motifs is 1. The number of halogens is 2. The van der Waals surface area contributed by atoms with E-state index in [1.54, 1.807) is 37.3 Å². The zero-order valence-corrected chi connectivity index (χ0v) is 21.3. The summed E-state index contributed by atoms with van der Waals surface area (Å²) in [5, 5.41) is 22.2. The van der Waals surface area contributed by atoms with Gasteiger partial charge in [-0.25, -0.2) is 9.59 Å². The maximum atomic E-state index is 12.8. The molecule has 2 aromatic rings. The predicted octanol–water partition coefficient (Wildman–Crippen LogP) is 5.76. The second kappa shape index (κ2) is 12.1. The molecule has 0 unspecified atom stereocenters. The van der Waals surface area contributed by atoms with Crippen molar-refractivity contribution in [1.29, 1.82) is 0 Å². The van der Waals surface area contributed by atoms with E-state index in [9.17, 15) is 14.7 Å². The summed E-state index contributed by atoms with van der Waals surface area (Å²) in [5.74, 6) is -0.0841. The Balaban J connectivity index is 1.85. The molecule has 1 aliphatic heterocycles. The van der Waals surface area contributed by atoms with E-state index in [2.05, 4.69) is 37.2 Å². The molecular weight excluding hydrogens is 578 g/mol. The lowest BCUT2D eigenvalue weighted by atomic mass is 9.99. The van der Waals surface area contributed by atoms with Gasteiger partial charge in [0, 0.05) is 34.5 Å². The second-order valence-electron chi connectivity index (χ2n) is 7.16. The number of benzene rings is 2. The summed E-state index contributed by atoms with van der Waals surface area (Å²) in [7, 11) is 0. The number of hydrogen-bond acceptors (Lipinski definition) is 7. The molecule has 9 nitrogen and oxygen atoms in total. The van der Waals surface area contributed by atoms with Gasteiger partial charge in [-0.3, -0.25) is 5.32 Å². The number of rotatable bonds is 10. The minimum absolute atomic E-state index is 0.102. The van der Waals surface area contributed by atoms with Crippen LogP contribution in [0.2, 0.25) is 0 Å². The number of carbonyl (C=O) groups excluding carboxylic acids is 1. The molecule has 3 rings (SSSR count). The smallest absolute Gasteiger partial charge is 0.412 e. The van der Waals surface area contributed by atoms with Crippen LogP contribution in [0.3, 0.4) is 0 Å². The summed E-state index contributed by atoms with van der Waals surface area (Å²) in [4.78, 5) is 23.6. The molecule has 0 spiro atoms. The molecule has 3 N–H and O–H groups in total. The Kier molecular flexibility index (Phi) is 9.20. The molecule has 1 aliphatic rings. The molecule has 0 aliphatic carbocycles. The lowest BCUT2D eigenvalue weighted by Crippen LogP contribution is -2.29. The molecule has 0 radical (unpaired) electrons. The van der Waals surface area contributed by atoms with Gasteiger partial charge in [0.05, 0.1) is 10.6 Å². The molecule has 0 saturated heterocycles. The molecule has 1 amide bonds. The van der Waals surface area contributed by atoms with E-state index in [1.807, 2.05) is 0 Å². The Morgan fingerprint density at radius 2 is 1.97 bits per heavy atom. The van der Waals surface area contributed by atoms with Crippen LogP contribution in [0, 0.1) is 0 Å². The summed E-state index contributed by atoms with van der Waals surface area (Å²) in [5.41, 5.74) is 0.757. The zero-order valence-electron chi connectivity index (χ0n) is 18.1. The van der Waals surface area contributed by atoms with E-state index in [0.29, 0.717) is 51.1 Å². The number of allylic oxidation sites excluding steroid dienone is 1. The van der Waals surface area contributed by atoms with Crippen molar-refractivity contribution in [2.45, 2.75) is 32.0 Å². The lowest BCUT2D eigenvalue weighted by Gasteiger charge is -2.28. The summed E-state index contributed by atoms with van der Waals surface area (Å²) in [6, 6.07) is 8.23. The number of nitrogens with one attached hydrogen (secondary N) is 1. The average molecular weight is 601 g/mol. The zero-order chi connectivity index (χ0) is 24.7. The maximum Gasteiger partial charge on any atom is 0.412 e. The lowest BCUT2D eigenvalue weighted by molar-refractivity contribution is -0.131. The number of anilines is 1. The molecule has 34 heavy (non-hydrogen) atoms. The van der Waals surface area contributed by atoms with Crippen LogP contribution >= 0.6 is 31.9 Å². The normalized spacial score (nSPS) is 14.1. The van der Waals surface area contributed by atoms with Gasteiger partial charge >= 0.3 is 12.1 Å². The highest BCUT2D eigenvalue weighted by Crippen LogP contribution is 2.40. The second-order valence-corrected chi connectivity index (χ2v) is 8.93. The van der Waals surface area contributed by atoms with Crippen LogP contribution in [0.15, 0.2) is 51.4 Å². The van der Waals surface area contributed by atoms with E-state index in [0.717, 1.165) is 6.08 Å². The minimum Gasteiger partial charge on any atom is -0.506 e. The molecule has 1 heterocycles. The monoisotopic (exact) mass is 599 g/mol. The van der Waals surface area contributed by atoms with Crippen LogP contribution in [-0.2, 0) is 14.3 Å². The molecule has 11 heteroatoms. The SMILES string of the molecule is CCO[C@H](CC/C=C/C(=O)O)[C@H](OC(=O)Nc1ccc2c(c1)OCO2)c1cc(Br)cc(Br)c1O. The number of amides is 1. The number of phenols is 1. The first-order chi connectivity index (χ1) is 16.3. The Bertz CT molecular complexity index is 1080. The van der Waals surface area contributed by atoms with Gasteiger partial charge in [-0.15, -0.1) is 0 Å². The Hall–Kier alpha value is -2.76. The van der Waals surface area contributed by atoms with Gasteiger partial charge in [0.1, 0.15) is 5.75 Å². The van der Waals surface area contributed by atoms with Crippen molar-refractivity contribution >= 4 is 49.6 Å². The van der Waals surface area contributed by atoms with Crippen molar-refractivity contribution in [1.82, 2.24) is 0 Å². The van der Waals surface area contributed by atoms with Crippen molar-refractivity contribution in [2.24, 2.45) is 0 Å². The first kappa shape index (κ1) is 25.9. The highest BCUT2D eigenvalue weighted by atomic mass is 79.9. The van der Waals surface area contributed by atoms with Crippen molar-refractivity contribution in [2.75, 3.05) is 18.7 Å². The van der Waals surface area contributed by atoms with Gasteiger partial charge in [0.2, 0.25) is 6.79 Å². The van der Waals surface area contributed by atoms with Gasteiger partial charge in [-0.05, 0) is 60.0 Å². The first-order valence-electron chi connectivity index (χ1n) is 10.3. The van der Waals surface area contributed by atoms with Crippen LogP contribution in [0.4, 0.5) is 10.5 Å². The van der Waals surface area contributed by atoms with E-state index in [-0.39, 0.29) is 12.5 Å². The third-order valence-corrected chi connectivity index (χ3v) is 5.88. The predicted molar refractivity (Wildman–Crippen MR) is 130 cm³/mol. The van der Waals surface area contributed by atoms with E-state index in [4.69, 9.17) is 24.1 Å². The van der Waals surface area contributed by atoms with Crippen molar-refractivity contribution < 1.29 is 38.7 Å². The molecule has 2 atom stereocenters. The quantitative estimate of drug-likeness (QED) is 0.294. The summed E-state index contributed by atoms with van der Waals surface area (Å²) in [6.07, 6.45) is 0.788. The third kappa shape index (κ3) is 6.87. The van der Waals surface area contributed by atoms with Crippen molar-refractivity contribution in [3.63, 3.8) is 0 Å². The van der Waals surface area contributed by atoms with Crippen LogP contribution in [0.1, 0.15) is 31.4 Å². The van der Waals surface area contributed by atoms with E-state index < -0.39 is 24.3 Å². The Morgan fingerprint density at radius 1 is 1.21 bits per heavy atom. The van der Waals surface area contributed by atoms with Gasteiger partial charge in [0.15, 0.2) is 17.6 Å². The van der Waals surface area contributed by atoms with Crippen LogP contribution in [-0.4, -0.2) is 41.8 Å². The number of carboxylic acids is 1. The highest BCUT2D eigenvalue weighted by molar-refractivity contribution is 9.11. The van der Waals surface area contributed by atoms with Crippen LogP contribution in [0.5, 0.6) is 17.2 Å². The fraction of sp³-hybridized carbons (Fsp3) is 0.304. The number of carboxylic acid groups (broad SMARTS) is 1. The number of aliphatic carboxylic acids is 1. The molecule has 0 saturated carbocycles. The number of hydrogen-bond donors (Lipinski definition) is 3. The number of phenolic OH excluding ortho intramolecular Hbond substituents is 1. The number of carbonyl (C=O) groups is 2. The maximum absolute atomic E-state index is 12.8. The number of aromatic hydroxyl groups is 1. The summed E-state index contributed by atoms with van der Waals surface area (Å²) < 4.78 is 23.3. The fourth-order valence-electron chi connectivity index (χ4n) is 3.36. The molecular formula is C23H23Br2NO8. The molecule has 0 bridgehead atoms. The van der Waals surface area contributed by atoms with Crippen LogP contribution < -0.4 is 14.8 Å². The van der Waals surface area contributed by atoms with Gasteiger partial charge in [-0.2, -0.15) is 0 Å². The largest absolute Gasteiger partial charge is 0.506 e. The highest BCUT2D eigenvalue weighted by Gasteiger charge is 2.31. The average Bonchev–Trinajstić information content (AvgIpc) is 3.25. The Morgan fingerprint density at radius 3 is 2.71 bits per heavy atom. The van der Waals surface area contributed by atoms with E-state index in [1.165, 1.54) is 6.08 Å². The summed E-state index contributed by atoms with van der Waals surface area (Å²) >= 11 is 6.69. The number of ether oxygens (including phenoxy) is 4. The molecule has 0 fully saturated rings. The Labute approximate surface area is 212 Å². The minimum atomic E-state index is -1.06. The van der Waals surface area contributed by atoms with Gasteiger partial charge in [0.25, 0.3) is 0 Å².